The molecule has 0 radical (unpaired) electrons. The molecule has 1 heterocycles. The van der Waals surface area contributed by atoms with E-state index >= 15 is 0 Å². The quantitative estimate of drug-likeness (QED) is 0.287. The van der Waals surface area contributed by atoms with E-state index in [1.807, 2.05) is 0 Å². The number of carbonyl (C=O) groups excluding carboxylic acids is 4. The maximum Gasteiger partial charge on any atom is 1.00 e. The number of hydrogen-bond acceptors (Lipinski definition) is 12. The van der Waals surface area contributed by atoms with Gasteiger partial charge in [-0.1, -0.05) is 0 Å². The zero-order valence-corrected chi connectivity index (χ0v) is 15.9. The van der Waals surface area contributed by atoms with Gasteiger partial charge in [-0.3, -0.25) is 0 Å². The summed E-state index contributed by atoms with van der Waals surface area (Å²) in [7, 11) is 0. The van der Waals surface area contributed by atoms with Crippen molar-refractivity contribution in [3.05, 3.63) is 0 Å². The minimum Gasteiger partial charge on any atom is 1.00 e. The summed E-state index contributed by atoms with van der Waals surface area (Å²) in [5.74, 6) is -6.92. The van der Waals surface area contributed by atoms with Crippen LogP contribution in [0.2, 0.25) is 0 Å². The van der Waals surface area contributed by atoms with E-state index in [0.29, 0.717) is 0 Å². The van der Waals surface area contributed by atoms with E-state index in [1.165, 1.54) is 0 Å². The van der Waals surface area contributed by atoms with Crippen LogP contribution in [0.15, 0.2) is 0 Å². The molecule has 6 N–H and O–H groups in total. The first-order chi connectivity index (χ1) is 9.65. The van der Waals surface area contributed by atoms with E-state index in [4.69, 9.17) is 20.4 Å². The number of aliphatic carboxylic acids is 1. The fourth-order valence-electron chi connectivity index (χ4n) is 0.954. The van der Waals surface area contributed by atoms with Crippen molar-refractivity contribution in [2.75, 3.05) is 0 Å². The maximum atomic E-state index is 11.3. The first-order valence-corrected chi connectivity index (χ1v) is 8.16. The van der Waals surface area contributed by atoms with Gasteiger partial charge >= 0.3 is 153 Å². The van der Waals surface area contributed by atoms with Crippen molar-refractivity contribution in [1.82, 2.24) is 0 Å². The van der Waals surface area contributed by atoms with Crippen molar-refractivity contribution >= 4 is 45.3 Å². The molecule has 13 nitrogen and oxygen atoms in total. The summed E-state index contributed by atoms with van der Waals surface area (Å²) < 4.78 is 12.9. The van der Waals surface area contributed by atoms with Crippen LogP contribution in [0.25, 0.3) is 0 Å². The van der Waals surface area contributed by atoms with E-state index in [1.54, 1.807) is 0 Å². The van der Waals surface area contributed by atoms with Crippen LogP contribution in [-0.4, -0.2) is 95.7 Å². The predicted octanol–water partition coefficient (Wildman–Crippen LogP) is -10.0. The van der Waals surface area contributed by atoms with Gasteiger partial charge in [0.1, 0.15) is 0 Å². The summed E-state index contributed by atoms with van der Waals surface area (Å²) in [5.41, 5.74) is 0. The summed E-state index contributed by atoms with van der Waals surface area (Å²) in [6.45, 7) is 0. The second-order valence-corrected chi connectivity index (χ2v) is 6.39. The van der Waals surface area contributed by atoms with Crippen molar-refractivity contribution in [2.24, 2.45) is 0 Å². The van der Waals surface area contributed by atoms with Gasteiger partial charge in [0, 0.05) is 0 Å². The molecule has 15 heteroatoms. The molecular formula is C8H10NaO13Sb. The van der Waals surface area contributed by atoms with Gasteiger partial charge in [0.2, 0.25) is 0 Å². The topological polar surface area (TPSA) is 231 Å². The van der Waals surface area contributed by atoms with E-state index in [0.717, 1.165) is 0 Å². The molecule has 23 heavy (non-hydrogen) atoms. The number of hydrogen-bond donors (Lipinski definition) is 4. The van der Waals surface area contributed by atoms with Crippen LogP contribution in [0.1, 0.15) is 0 Å². The SMILES string of the molecule is O.O=C([O-])C(O)C(O)C(=O)[O][Sb]1[O]C(=O)C(O)C(O)C(=O)[O]1.[Na+]. The van der Waals surface area contributed by atoms with Crippen LogP contribution < -0.4 is 34.7 Å². The molecule has 1 rings (SSSR count). The van der Waals surface area contributed by atoms with Crippen LogP contribution in [0.4, 0.5) is 0 Å². The van der Waals surface area contributed by atoms with E-state index in [9.17, 15) is 24.3 Å². The summed E-state index contributed by atoms with van der Waals surface area (Å²) in [6, 6.07) is 0. The molecule has 1 saturated heterocycles. The molecule has 0 aromatic carbocycles. The van der Waals surface area contributed by atoms with Crippen molar-refractivity contribution in [1.29, 1.82) is 0 Å². The predicted molar refractivity (Wildman–Crippen MR) is 56.7 cm³/mol. The first kappa shape index (κ1) is 24.7. The van der Waals surface area contributed by atoms with Gasteiger partial charge in [-0.25, -0.2) is 0 Å². The van der Waals surface area contributed by atoms with Crippen molar-refractivity contribution in [3.63, 3.8) is 0 Å². The van der Waals surface area contributed by atoms with Crippen LogP contribution in [-0.2, 0) is 28.2 Å². The maximum absolute atomic E-state index is 11.3. The molecule has 1 fully saturated rings. The van der Waals surface area contributed by atoms with Gasteiger partial charge in [0.15, 0.2) is 0 Å². The van der Waals surface area contributed by atoms with Gasteiger partial charge in [0.25, 0.3) is 0 Å². The number of aliphatic hydroxyl groups excluding tert-OH is 4. The summed E-state index contributed by atoms with van der Waals surface area (Å²) in [4.78, 5) is 43.8. The standard InChI is InChI=1S/2C4H6O6.Na.H2O.Sb/c2*5-1(3(7)8)2(6)4(9)10;;;/h2*1-2,5-6H,(H,7,8)(H,9,10);;1H2;/q;;+1;;+3/p-4. The fourth-order valence-corrected chi connectivity index (χ4v) is 3.46. The first-order valence-electron chi connectivity index (χ1n) is 5.03. The Morgan fingerprint density at radius 1 is 1.09 bits per heavy atom. The van der Waals surface area contributed by atoms with E-state index in [2.05, 4.69) is 9.05 Å². The number of carboxylic acids is 1. The van der Waals surface area contributed by atoms with E-state index in [-0.39, 0.29) is 35.0 Å². The average molecular weight is 459 g/mol. The molecule has 0 bridgehead atoms. The van der Waals surface area contributed by atoms with Gasteiger partial charge < -0.3 is 5.48 Å². The normalized spacial score (nSPS) is 23.8. The minimum absolute atomic E-state index is 0. The molecule has 1 aliphatic rings. The van der Waals surface area contributed by atoms with Crippen LogP contribution >= 0.6 is 0 Å². The molecule has 4 atom stereocenters. The summed E-state index contributed by atoms with van der Waals surface area (Å²) in [5, 5.41) is 46.4. The molecule has 126 valence electrons. The smallest absolute Gasteiger partial charge is 1.00 e. The molecule has 0 spiro atoms. The summed E-state index contributed by atoms with van der Waals surface area (Å²) in [6.07, 6.45) is -9.68. The molecular weight excluding hydrogens is 449 g/mol. The van der Waals surface area contributed by atoms with Crippen molar-refractivity contribution < 1.29 is 88.8 Å². The summed E-state index contributed by atoms with van der Waals surface area (Å²) >= 11 is -4.39. The number of carbonyl (C=O) groups is 4. The molecule has 1 aliphatic heterocycles. The second kappa shape index (κ2) is 10.4. The van der Waals surface area contributed by atoms with Gasteiger partial charge in [0.05, 0.1) is 0 Å². The minimum atomic E-state index is -4.39. The van der Waals surface area contributed by atoms with Crippen LogP contribution in [0.3, 0.4) is 0 Å². The Bertz CT molecular complexity index is 447. The molecule has 0 saturated carbocycles. The third-order valence-electron chi connectivity index (χ3n) is 2.06. The van der Waals surface area contributed by atoms with Crippen LogP contribution in [0.5, 0.6) is 0 Å². The van der Waals surface area contributed by atoms with Gasteiger partial charge in [-0.2, -0.15) is 0 Å². The van der Waals surface area contributed by atoms with Crippen molar-refractivity contribution in [2.45, 2.75) is 24.4 Å². The molecule has 0 aromatic rings. The van der Waals surface area contributed by atoms with Crippen molar-refractivity contribution in [3.8, 4) is 0 Å². The van der Waals surface area contributed by atoms with Gasteiger partial charge in [-0.05, 0) is 0 Å². The Balaban J connectivity index is 0. The molecule has 0 aliphatic carbocycles. The second-order valence-electron chi connectivity index (χ2n) is 3.55. The van der Waals surface area contributed by atoms with Gasteiger partial charge in [-0.15, -0.1) is 0 Å². The third-order valence-corrected chi connectivity index (χ3v) is 4.87. The Kier molecular flexibility index (Phi) is 11.2. The number of aliphatic hydroxyl groups is 4. The third kappa shape index (κ3) is 6.49. The number of carboxylic acid groups (broad SMARTS) is 1. The Hall–Kier alpha value is -0.502. The number of rotatable bonds is 4. The fraction of sp³-hybridized carbons (Fsp3) is 0.500. The zero-order chi connectivity index (χ0) is 16.3. The molecule has 0 amide bonds. The average Bonchev–Trinajstić information content (AvgIpc) is 2.50. The molecule has 4 unspecified atom stereocenters. The Morgan fingerprint density at radius 2 is 1.48 bits per heavy atom. The van der Waals surface area contributed by atoms with Crippen LogP contribution in [0, 0.1) is 0 Å². The largest absolute Gasteiger partial charge is 1.00 e. The Labute approximate surface area is 158 Å². The van der Waals surface area contributed by atoms with E-state index < -0.39 is 69.8 Å². The molecule has 0 aromatic heterocycles. The Morgan fingerprint density at radius 3 is 1.83 bits per heavy atom. The zero-order valence-electron chi connectivity index (χ0n) is 11.3. The monoisotopic (exact) mass is 458 g/mol.